The summed E-state index contributed by atoms with van der Waals surface area (Å²) in [4.78, 5) is 0. The summed E-state index contributed by atoms with van der Waals surface area (Å²) < 4.78 is 0. The monoisotopic (exact) mass is 588 g/mol. The Balaban J connectivity index is 0.00000840. The summed E-state index contributed by atoms with van der Waals surface area (Å²) in [5, 5.41) is 14.1. The van der Waals surface area contributed by atoms with Gasteiger partial charge < -0.3 is 32.7 Å². The number of nitrogens with one attached hydrogen (secondary N) is 4. The summed E-state index contributed by atoms with van der Waals surface area (Å²) in [6.45, 7) is 12.9. The topological polar surface area (TPSA) is 100 Å². The Hall–Kier alpha value is -1.51. The quantitative estimate of drug-likeness (QED) is 0.0910. The Morgan fingerprint density at radius 1 is 0.537 bits per heavy atom. The first kappa shape index (κ1) is 37.5. The van der Waals surface area contributed by atoms with Gasteiger partial charge in [-0.2, -0.15) is 0 Å². The van der Waals surface area contributed by atoms with Gasteiger partial charge in [0.25, 0.3) is 0 Å². The number of rotatable bonds is 25. The van der Waals surface area contributed by atoms with E-state index in [2.05, 4.69) is 83.6 Å². The van der Waals surface area contributed by atoms with Crippen molar-refractivity contribution in [2.75, 3.05) is 52.4 Å². The molecule has 2 atom stereocenters. The van der Waals surface area contributed by atoms with E-state index in [0.717, 1.165) is 90.9 Å². The van der Waals surface area contributed by atoms with Crippen LogP contribution in [0.3, 0.4) is 0 Å². The number of hydrogen-bond donors (Lipinski definition) is 6. The summed E-state index contributed by atoms with van der Waals surface area (Å²) in [7, 11) is 0. The zero-order valence-corrected chi connectivity index (χ0v) is 26.9. The van der Waals surface area contributed by atoms with Crippen LogP contribution < -0.4 is 32.7 Å². The van der Waals surface area contributed by atoms with Crippen molar-refractivity contribution in [2.24, 2.45) is 11.5 Å². The van der Waals surface area contributed by atoms with Gasteiger partial charge in [0, 0.05) is 12.1 Å². The van der Waals surface area contributed by atoms with Crippen molar-refractivity contribution in [3.05, 3.63) is 59.7 Å². The maximum absolute atomic E-state index is 6.59. The minimum absolute atomic E-state index is 0. The number of benzene rings is 2. The van der Waals surface area contributed by atoms with Gasteiger partial charge in [-0.3, -0.25) is 0 Å². The van der Waals surface area contributed by atoms with E-state index in [1.165, 1.54) is 47.9 Å². The molecule has 0 aliphatic rings. The highest BCUT2D eigenvalue weighted by molar-refractivity contribution is 5.85. The van der Waals surface area contributed by atoms with Crippen LogP contribution in [-0.4, -0.2) is 64.4 Å². The smallest absolute Gasteiger partial charge is 0.00914 e. The number of halogens is 1. The molecule has 41 heavy (non-hydrogen) atoms. The van der Waals surface area contributed by atoms with Crippen LogP contribution in [0.4, 0.5) is 0 Å². The van der Waals surface area contributed by atoms with Crippen LogP contribution in [-0.2, 0) is 12.8 Å². The maximum Gasteiger partial charge on any atom is 0.00914 e. The van der Waals surface area contributed by atoms with Gasteiger partial charge in [-0.25, -0.2) is 0 Å². The van der Waals surface area contributed by atoms with E-state index in [9.17, 15) is 0 Å². The van der Waals surface area contributed by atoms with Crippen LogP contribution in [0.2, 0.25) is 0 Å². The molecule has 0 saturated carbocycles. The summed E-state index contributed by atoms with van der Waals surface area (Å²) in [5.74, 6) is 0. The van der Waals surface area contributed by atoms with Crippen molar-refractivity contribution >= 4 is 12.4 Å². The Bertz CT molecular complexity index is 817. The molecular weight excluding hydrogens is 528 g/mol. The molecule has 0 spiro atoms. The molecule has 0 heterocycles. The molecule has 0 amide bonds. The van der Waals surface area contributed by atoms with Crippen LogP contribution in [0.1, 0.15) is 76.3 Å². The van der Waals surface area contributed by atoms with Gasteiger partial charge in [-0.15, -0.1) is 12.4 Å². The average Bonchev–Trinajstić information content (AvgIpc) is 2.95. The van der Waals surface area contributed by atoms with E-state index in [1.54, 1.807) is 0 Å². The molecule has 0 saturated heterocycles. The van der Waals surface area contributed by atoms with Crippen molar-refractivity contribution in [3.8, 4) is 11.1 Å². The van der Waals surface area contributed by atoms with Gasteiger partial charge in [0.15, 0.2) is 0 Å². The molecule has 2 rings (SSSR count). The van der Waals surface area contributed by atoms with Crippen LogP contribution >= 0.6 is 12.4 Å². The van der Waals surface area contributed by atoms with Gasteiger partial charge >= 0.3 is 0 Å². The lowest BCUT2D eigenvalue weighted by Gasteiger charge is -2.17. The molecule has 0 radical (unpaired) electrons. The predicted octanol–water partition coefficient (Wildman–Crippen LogP) is 5.03. The van der Waals surface area contributed by atoms with Crippen LogP contribution in [0.15, 0.2) is 48.5 Å². The first-order valence-electron chi connectivity index (χ1n) is 16.1. The Morgan fingerprint density at radius 2 is 0.951 bits per heavy atom. The van der Waals surface area contributed by atoms with E-state index in [1.807, 2.05) is 0 Å². The van der Waals surface area contributed by atoms with Gasteiger partial charge in [-0.1, -0.05) is 75.2 Å². The molecule has 0 aliphatic carbocycles. The highest BCUT2D eigenvalue weighted by Crippen LogP contribution is 2.24. The van der Waals surface area contributed by atoms with E-state index in [-0.39, 0.29) is 24.5 Å². The third-order valence-corrected chi connectivity index (χ3v) is 7.37. The minimum Gasteiger partial charge on any atom is -0.327 e. The summed E-state index contributed by atoms with van der Waals surface area (Å²) >= 11 is 0. The Labute approximate surface area is 258 Å². The van der Waals surface area contributed by atoms with Crippen molar-refractivity contribution in [3.63, 3.8) is 0 Å². The molecule has 6 nitrogen and oxygen atoms in total. The summed E-state index contributed by atoms with van der Waals surface area (Å²) in [6, 6.07) is 17.9. The molecule has 0 fully saturated rings. The molecule has 2 aromatic rings. The van der Waals surface area contributed by atoms with Gasteiger partial charge in [0.05, 0.1) is 0 Å². The molecule has 8 N–H and O–H groups in total. The lowest BCUT2D eigenvalue weighted by Crippen LogP contribution is -2.30. The molecule has 2 aromatic carbocycles. The van der Waals surface area contributed by atoms with Crippen molar-refractivity contribution < 1.29 is 0 Å². The second-order valence-electron chi connectivity index (χ2n) is 11.3. The van der Waals surface area contributed by atoms with Gasteiger partial charge in [0.1, 0.15) is 0 Å². The second-order valence-corrected chi connectivity index (χ2v) is 11.3. The highest BCUT2D eigenvalue weighted by Gasteiger charge is 2.11. The molecule has 0 aliphatic heterocycles. The lowest BCUT2D eigenvalue weighted by atomic mass is 9.93. The molecular formula is C34H61ClN6. The zero-order chi connectivity index (χ0) is 28.7. The second kappa shape index (κ2) is 25.0. The number of hydrogen-bond acceptors (Lipinski definition) is 6. The zero-order valence-electron chi connectivity index (χ0n) is 26.1. The van der Waals surface area contributed by atoms with Crippen molar-refractivity contribution in [2.45, 2.75) is 90.1 Å². The van der Waals surface area contributed by atoms with Crippen LogP contribution in [0.5, 0.6) is 0 Å². The van der Waals surface area contributed by atoms with Crippen LogP contribution in [0, 0.1) is 0 Å². The van der Waals surface area contributed by atoms with E-state index in [0.29, 0.717) is 0 Å². The average molecular weight is 589 g/mol. The lowest BCUT2D eigenvalue weighted by molar-refractivity contribution is 0.535. The van der Waals surface area contributed by atoms with Crippen molar-refractivity contribution in [1.29, 1.82) is 0 Å². The number of unbranched alkanes of at least 4 members (excludes halogenated alkanes) is 2. The molecule has 0 aromatic heterocycles. The van der Waals surface area contributed by atoms with E-state index >= 15 is 0 Å². The fraction of sp³-hybridized carbons (Fsp3) is 0.647. The van der Waals surface area contributed by atoms with E-state index in [4.69, 9.17) is 11.5 Å². The molecule has 234 valence electrons. The largest absolute Gasteiger partial charge is 0.327 e. The minimum atomic E-state index is 0. The van der Waals surface area contributed by atoms with Crippen LogP contribution in [0.25, 0.3) is 11.1 Å². The summed E-state index contributed by atoms with van der Waals surface area (Å²) in [6.07, 6.45) is 11.1. The first-order chi connectivity index (χ1) is 19.6. The third kappa shape index (κ3) is 18.6. The standard InChI is InChI=1S/C34H60N6.ClH/c1-3-5-16-37-18-10-20-39-22-14-33(35)27-29-24-30(26-32(25-29)31-12-8-7-9-13-31)28-34(36)15-23-40-21-11-19-38-17-6-4-2;/h7-9,12-13,24-26,33-34,37-40H,3-6,10-11,14-23,27-28,35-36H2,1-2H3;1H. The fourth-order valence-corrected chi connectivity index (χ4v) is 4.96. The molecule has 2 unspecified atom stereocenters. The Kier molecular flexibility index (Phi) is 22.9. The van der Waals surface area contributed by atoms with Crippen molar-refractivity contribution in [1.82, 2.24) is 21.3 Å². The van der Waals surface area contributed by atoms with Gasteiger partial charge in [0.2, 0.25) is 0 Å². The SMILES string of the molecule is CCCCNCCCNCCC(N)Cc1cc(CC(N)CCNCCCNCCCC)cc(-c2ccccc2)c1.Cl. The number of nitrogens with two attached hydrogens (primary N) is 2. The highest BCUT2D eigenvalue weighted by atomic mass is 35.5. The summed E-state index contributed by atoms with van der Waals surface area (Å²) in [5.41, 5.74) is 18.3. The third-order valence-electron chi connectivity index (χ3n) is 7.37. The molecule has 7 heteroatoms. The predicted molar refractivity (Wildman–Crippen MR) is 182 cm³/mol. The van der Waals surface area contributed by atoms with Gasteiger partial charge in [-0.05, 0) is 126 Å². The maximum atomic E-state index is 6.59. The molecule has 0 bridgehead atoms. The fourth-order valence-electron chi connectivity index (χ4n) is 4.96. The normalized spacial score (nSPS) is 12.7. The first-order valence-corrected chi connectivity index (χ1v) is 16.1. The Morgan fingerprint density at radius 3 is 1.39 bits per heavy atom. The van der Waals surface area contributed by atoms with E-state index < -0.39 is 0 Å².